The van der Waals surface area contributed by atoms with Crippen LogP contribution in [0, 0.1) is 11.8 Å². The van der Waals surface area contributed by atoms with Gasteiger partial charge in [-0.25, -0.2) is 0 Å². The number of hydrogen-bond donors (Lipinski definition) is 1. The largest absolute Gasteiger partial charge is 0.326 e. The van der Waals surface area contributed by atoms with Crippen LogP contribution >= 0.6 is 11.8 Å². The van der Waals surface area contributed by atoms with Gasteiger partial charge in [-0.15, -0.1) is 0 Å². The molecule has 0 bridgehead atoms. The van der Waals surface area contributed by atoms with E-state index in [1.807, 2.05) is 16.7 Å². The molecule has 1 aliphatic heterocycles. The summed E-state index contributed by atoms with van der Waals surface area (Å²) in [5, 5.41) is 3.40. The van der Waals surface area contributed by atoms with Crippen molar-refractivity contribution in [1.82, 2.24) is 10.2 Å². The molecule has 0 saturated carbocycles. The van der Waals surface area contributed by atoms with Gasteiger partial charge in [0.25, 0.3) is 0 Å². The molecule has 0 aliphatic carbocycles. The molecule has 0 aromatic rings. The first-order valence-electron chi connectivity index (χ1n) is 6.51. The number of rotatable bonds is 6. The quantitative estimate of drug-likeness (QED) is 0.792. The minimum atomic E-state index is 0.0338. The molecule has 100 valence electrons. The van der Waals surface area contributed by atoms with Gasteiger partial charge in [-0.2, -0.15) is 11.8 Å². The van der Waals surface area contributed by atoms with Crippen molar-refractivity contribution >= 4 is 17.7 Å². The summed E-state index contributed by atoms with van der Waals surface area (Å²) in [6.07, 6.45) is 3.25. The first kappa shape index (κ1) is 14.8. The number of thioether (sulfide) groups is 1. The summed E-state index contributed by atoms with van der Waals surface area (Å²) < 4.78 is 0. The van der Waals surface area contributed by atoms with Crippen LogP contribution < -0.4 is 5.32 Å². The zero-order valence-electron chi connectivity index (χ0n) is 11.7. The average molecular weight is 258 g/mol. The topological polar surface area (TPSA) is 32.3 Å². The van der Waals surface area contributed by atoms with Crippen LogP contribution in [0.25, 0.3) is 0 Å². The fourth-order valence-corrected chi connectivity index (χ4v) is 3.08. The highest BCUT2D eigenvalue weighted by Crippen LogP contribution is 2.19. The van der Waals surface area contributed by atoms with Crippen molar-refractivity contribution in [1.29, 1.82) is 0 Å². The number of amides is 1. The van der Waals surface area contributed by atoms with Gasteiger partial charge in [-0.1, -0.05) is 20.8 Å². The second-order valence-electron chi connectivity index (χ2n) is 5.58. The SMILES string of the molecule is CSCC(C)CN1C(=O)C(CC(C)C)NC1C. The molecule has 0 aromatic carbocycles. The monoisotopic (exact) mass is 258 g/mol. The zero-order valence-corrected chi connectivity index (χ0v) is 12.5. The Morgan fingerprint density at radius 2 is 2.06 bits per heavy atom. The molecular weight excluding hydrogens is 232 g/mol. The van der Waals surface area contributed by atoms with Gasteiger partial charge < -0.3 is 4.90 Å². The number of nitrogens with one attached hydrogen (secondary N) is 1. The standard InChI is InChI=1S/C13H26N2OS/c1-9(2)6-12-13(16)15(11(4)14-12)7-10(3)8-17-5/h9-12,14H,6-8H2,1-5H3. The average Bonchev–Trinajstić information content (AvgIpc) is 2.45. The van der Waals surface area contributed by atoms with Gasteiger partial charge in [0.2, 0.25) is 5.91 Å². The van der Waals surface area contributed by atoms with Crippen LogP contribution in [0.2, 0.25) is 0 Å². The van der Waals surface area contributed by atoms with Gasteiger partial charge in [0.1, 0.15) is 0 Å². The zero-order chi connectivity index (χ0) is 13.0. The Kier molecular flexibility index (Phi) is 5.80. The van der Waals surface area contributed by atoms with Gasteiger partial charge in [-0.3, -0.25) is 10.1 Å². The number of nitrogens with zero attached hydrogens (tertiary/aromatic N) is 1. The van der Waals surface area contributed by atoms with Crippen LogP contribution in [-0.4, -0.2) is 41.6 Å². The molecule has 3 nitrogen and oxygen atoms in total. The maximum atomic E-state index is 12.2. The Morgan fingerprint density at radius 3 is 2.59 bits per heavy atom. The summed E-state index contributed by atoms with van der Waals surface area (Å²) in [7, 11) is 0. The molecule has 3 unspecified atom stereocenters. The maximum Gasteiger partial charge on any atom is 0.241 e. The predicted octanol–water partition coefficient (Wildman–Crippen LogP) is 2.18. The summed E-state index contributed by atoms with van der Waals surface area (Å²) >= 11 is 1.85. The molecule has 1 aliphatic rings. The van der Waals surface area contributed by atoms with Crippen molar-refractivity contribution in [3.63, 3.8) is 0 Å². The van der Waals surface area contributed by atoms with E-state index in [4.69, 9.17) is 0 Å². The van der Waals surface area contributed by atoms with Crippen LogP contribution in [0.4, 0.5) is 0 Å². The normalized spacial score (nSPS) is 26.9. The molecule has 1 N–H and O–H groups in total. The third-order valence-electron chi connectivity index (χ3n) is 3.16. The summed E-state index contributed by atoms with van der Waals surface area (Å²) in [6.45, 7) is 9.51. The van der Waals surface area contributed by atoms with E-state index in [-0.39, 0.29) is 12.2 Å². The molecule has 1 heterocycles. The predicted molar refractivity (Wildman–Crippen MR) is 75.1 cm³/mol. The molecule has 1 rings (SSSR count). The highest BCUT2D eigenvalue weighted by atomic mass is 32.2. The highest BCUT2D eigenvalue weighted by Gasteiger charge is 2.36. The summed E-state index contributed by atoms with van der Waals surface area (Å²) in [6, 6.07) is 0.0338. The smallest absolute Gasteiger partial charge is 0.241 e. The Balaban J connectivity index is 2.53. The molecule has 0 radical (unpaired) electrons. The lowest BCUT2D eigenvalue weighted by atomic mass is 10.0. The van der Waals surface area contributed by atoms with Crippen molar-refractivity contribution < 1.29 is 4.79 Å². The van der Waals surface area contributed by atoms with E-state index in [0.717, 1.165) is 18.7 Å². The van der Waals surface area contributed by atoms with E-state index in [9.17, 15) is 4.79 Å². The third kappa shape index (κ3) is 4.18. The fourth-order valence-electron chi connectivity index (χ4n) is 2.40. The van der Waals surface area contributed by atoms with Crippen molar-refractivity contribution in [2.75, 3.05) is 18.6 Å². The van der Waals surface area contributed by atoms with E-state index in [0.29, 0.717) is 17.7 Å². The molecule has 4 heteroatoms. The molecule has 17 heavy (non-hydrogen) atoms. The molecule has 1 fully saturated rings. The second-order valence-corrected chi connectivity index (χ2v) is 6.49. The van der Waals surface area contributed by atoms with Gasteiger partial charge >= 0.3 is 0 Å². The molecular formula is C13H26N2OS. The number of carbonyl (C=O) groups excluding carboxylic acids is 1. The van der Waals surface area contributed by atoms with E-state index in [1.165, 1.54) is 0 Å². The maximum absolute atomic E-state index is 12.2. The van der Waals surface area contributed by atoms with E-state index < -0.39 is 0 Å². The minimum absolute atomic E-state index is 0.0338. The van der Waals surface area contributed by atoms with Gasteiger partial charge in [0.15, 0.2) is 0 Å². The lowest BCUT2D eigenvalue weighted by molar-refractivity contribution is -0.130. The molecule has 1 amide bonds. The highest BCUT2D eigenvalue weighted by molar-refractivity contribution is 7.98. The third-order valence-corrected chi connectivity index (χ3v) is 4.06. The molecule has 3 atom stereocenters. The van der Waals surface area contributed by atoms with Crippen LogP contribution in [0.3, 0.4) is 0 Å². The van der Waals surface area contributed by atoms with E-state index in [2.05, 4.69) is 39.3 Å². The lowest BCUT2D eigenvalue weighted by Gasteiger charge is -2.24. The van der Waals surface area contributed by atoms with Crippen LogP contribution in [-0.2, 0) is 4.79 Å². The van der Waals surface area contributed by atoms with Gasteiger partial charge in [0, 0.05) is 6.54 Å². The van der Waals surface area contributed by atoms with Crippen molar-refractivity contribution in [2.24, 2.45) is 11.8 Å². The Bertz CT molecular complexity index is 258. The van der Waals surface area contributed by atoms with Crippen LogP contribution in [0.5, 0.6) is 0 Å². The lowest BCUT2D eigenvalue weighted by Crippen LogP contribution is -2.38. The number of carbonyl (C=O) groups is 1. The molecule has 0 aromatic heterocycles. The Morgan fingerprint density at radius 1 is 1.41 bits per heavy atom. The molecule has 1 saturated heterocycles. The van der Waals surface area contributed by atoms with E-state index in [1.54, 1.807) is 0 Å². The Hall–Kier alpha value is -0.220. The van der Waals surface area contributed by atoms with Crippen LogP contribution in [0.1, 0.15) is 34.1 Å². The van der Waals surface area contributed by atoms with Crippen LogP contribution in [0.15, 0.2) is 0 Å². The first-order valence-corrected chi connectivity index (χ1v) is 7.90. The Labute approximate surface area is 110 Å². The van der Waals surface area contributed by atoms with E-state index >= 15 is 0 Å². The van der Waals surface area contributed by atoms with Gasteiger partial charge in [-0.05, 0) is 37.2 Å². The van der Waals surface area contributed by atoms with Crippen molar-refractivity contribution in [3.05, 3.63) is 0 Å². The van der Waals surface area contributed by atoms with Crippen molar-refractivity contribution in [3.8, 4) is 0 Å². The summed E-state index contributed by atoms with van der Waals surface area (Å²) in [5.41, 5.74) is 0. The first-order chi connectivity index (χ1) is 7.95. The number of hydrogen-bond acceptors (Lipinski definition) is 3. The molecule has 0 spiro atoms. The summed E-state index contributed by atoms with van der Waals surface area (Å²) in [4.78, 5) is 14.3. The fraction of sp³-hybridized carbons (Fsp3) is 0.923. The second kappa shape index (κ2) is 6.64. The van der Waals surface area contributed by atoms with Gasteiger partial charge in [0.05, 0.1) is 12.2 Å². The summed E-state index contributed by atoms with van der Waals surface area (Å²) in [5.74, 6) is 2.54. The minimum Gasteiger partial charge on any atom is -0.326 e. The van der Waals surface area contributed by atoms with Crippen molar-refractivity contribution in [2.45, 2.75) is 46.3 Å².